The first-order chi connectivity index (χ1) is 16.0. The molecule has 0 atom stereocenters. The Kier molecular flexibility index (Phi) is 7.21. The number of carbonyl (C=O) groups excluding carboxylic acids is 1. The summed E-state index contributed by atoms with van der Waals surface area (Å²) < 4.78 is 44.9. The maximum absolute atomic E-state index is 13.4. The van der Waals surface area contributed by atoms with Crippen molar-refractivity contribution in [3.05, 3.63) is 53.1 Å². The average Bonchev–Trinajstić information content (AvgIpc) is 2.87. The Morgan fingerprint density at radius 1 is 1.00 bits per heavy atom. The summed E-state index contributed by atoms with van der Waals surface area (Å²) >= 11 is 0. The van der Waals surface area contributed by atoms with Crippen LogP contribution in [-0.2, 0) is 27.7 Å². The van der Waals surface area contributed by atoms with Gasteiger partial charge in [-0.3, -0.25) is 4.79 Å². The number of sulfonamides is 1. The van der Waals surface area contributed by atoms with Crippen LogP contribution < -0.4 is 9.47 Å². The van der Waals surface area contributed by atoms with Gasteiger partial charge < -0.3 is 19.1 Å². The van der Waals surface area contributed by atoms with E-state index >= 15 is 0 Å². The van der Waals surface area contributed by atoms with Crippen molar-refractivity contribution in [2.24, 2.45) is 0 Å². The third-order valence-electron chi connectivity index (χ3n) is 5.96. The fourth-order valence-electron chi connectivity index (χ4n) is 4.12. The molecule has 0 radical (unpaired) electrons. The van der Waals surface area contributed by atoms with Gasteiger partial charge in [0.1, 0.15) is 13.2 Å². The minimum atomic E-state index is -3.72. The lowest BCUT2D eigenvalue weighted by Gasteiger charge is -2.28. The van der Waals surface area contributed by atoms with E-state index in [0.29, 0.717) is 81.7 Å². The molecule has 1 saturated heterocycles. The Morgan fingerprint density at radius 2 is 1.76 bits per heavy atom. The van der Waals surface area contributed by atoms with Gasteiger partial charge in [-0.15, -0.1) is 0 Å². The smallest absolute Gasteiger partial charge is 0.254 e. The number of aryl methyl sites for hydroxylation is 1. The van der Waals surface area contributed by atoms with Crippen LogP contribution in [0.5, 0.6) is 11.5 Å². The molecular formula is C24H30N2O6S. The summed E-state index contributed by atoms with van der Waals surface area (Å²) in [6.07, 6.45) is 0.554. The van der Waals surface area contributed by atoms with E-state index in [4.69, 9.17) is 14.2 Å². The average molecular weight is 475 g/mol. The lowest BCUT2D eigenvalue weighted by Crippen LogP contribution is -2.41. The Hall–Kier alpha value is -2.62. The molecule has 2 heterocycles. The van der Waals surface area contributed by atoms with E-state index < -0.39 is 10.0 Å². The van der Waals surface area contributed by atoms with Crippen molar-refractivity contribution in [3.63, 3.8) is 0 Å². The zero-order chi connectivity index (χ0) is 23.4. The van der Waals surface area contributed by atoms with E-state index in [1.54, 1.807) is 17.0 Å². The molecule has 0 N–H and O–H groups in total. The number of carbonyl (C=O) groups is 1. The Morgan fingerprint density at radius 3 is 2.48 bits per heavy atom. The first-order valence-corrected chi connectivity index (χ1v) is 12.8. The number of amides is 1. The van der Waals surface area contributed by atoms with E-state index in [9.17, 15) is 13.2 Å². The highest BCUT2D eigenvalue weighted by Gasteiger charge is 2.30. The SMILES string of the molecule is CCc1ccc(C(=O)N(CC)Cc2cccc3c2OCCO3)cc1S(=O)(=O)N1CCOCC1. The minimum absolute atomic E-state index is 0.197. The minimum Gasteiger partial charge on any atom is -0.486 e. The van der Waals surface area contributed by atoms with Crippen molar-refractivity contribution < 1.29 is 27.4 Å². The molecule has 0 saturated carbocycles. The van der Waals surface area contributed by atoms with Gasteiger partial charge in [-0.1, -0.05) is 25.1 Å². The summed E-state index contributed by atoms with van der Waals surface area (Å²) in [4.78, 5) is 15.3. The molecule has 2 aromatic carbocycles. The standard InChI is InChI=1S/C24H30N2O6S/c1-3-18-8-9-19(16-22(18)33(28,29)26-10-12-30-13-11-26)24(27)25(4-2)17-20-6-5-7-21-23(20)32-15-14-31-21/h5-9,16H,3-4,10-15,17H2,1-2H3. The summed E-state index contributed by atoms with van der Waals surface area (Å²) in [6.45, 7) is 6.93. The molecular weight excluding hydrogens is 444 g/mol. The maximum atomic E-state index is 13.4. The van der Waals surface area contributed by atoms with Crippen molar-refractivity contribution in [1.29, 1.82) is 0 Å². The van der Waals surface area contributed by atoms with Crippen molar-refractivity contribution in [2.75, 3.05) is 46.1 Å². The summed E-state index contributed by atoms with van der Waals surface area (Å²) in [5.74, 6) is 1.10. The molecule has 0 aliphatic carbocycles. The molecule has 33 heavy (non-hydrogen) atoms. The molecule has 0 unspecified atom stereocenters. The third-order valence-corrected chi connectivity index (χ3v) is 7.94. The lowest BCUT2D eigenvalue weighted by atomic mass is 10.1. The fraction of sp³-hybridized carbons (Fsp3) is 0.458. The van der Waals surface area contributed by atoms with Crippen LogP contribution in [0.2, 0.25) is 0 Å². The lowest BCUT2D eigenvalue weighted by molar-refractivity contribution is 0.0729. The van der Waals surface area contributed by atoms with E-state index in [1.165, 1.54) is 10.4 Å². The summed E-state index contributed by atoms with van der Waals surface area (Å²) in [7, 11) is -3.72. The molecule has 8 nitrogen and oxygen atoms in total. The van der Waals surface area contributed by atoms with Crippen molar-refractivity contribution in [3.8, 4) is 11.5 Å². The number of hydrogen-bond acceptors (Lipinski definition) is 6. The van der Waals surface area contributed by atoms with Crippen LogP contribution in [0.15, 0.2) is 41.3 Å². The van der Waals surface area contributed by atoms with Gasteiger partial charge >= 0.3 is 0 Å². The summed E-state index contributed by atoms with van der Waals surface area (Å²) in [5.41, 5.74) is 1.90. The van der Waals surface area contributed by atoms with Crippen LogP contribution in [-0.4, -0.2) is 69.6 Å². The molecule has 0 aromatic heterocycles. The number of para-hydroxylation sites is 1. The molecule has 4 rings (SSSR count). The van der Waals surface area contributed by atoms with Crippen LogP contribution >= 0.6 is 0 Å². The van der Waals surface area contributed by atoms with Crippen LogP contribution in [0, 0.1) is 0 Å². The number of ether oxygens (including phenoxy) is 3. The molecule has 0 spiro atoms. The van der Waals surface area contributed by atoms with Gasteiger partial charge in [0.05, 0.1) is 18.1 Å². The van der Waals surface area contributed by atoms with Crippen molar-refractivity contribution >= 4 is 15.9 Å². The fourth-order valence-corrected chi connectivity index (χ4v) is 5.85. The Labute approximate surface area is 195 Å². The molecule has 0 bridgehead atoms. The van der Waals surface area contributed by atoms with E-state index in [0.717, 1.165) is 5.56 Å². The second-order valence-corrected chi connectivity index (χ2v) is 9.86. The monoisotopic (exact) mass is 474 g/mol. The maximum Gasteiger partial charge on any atom is 0.254 e. The largest absolute Gasteiger partial charge is 0.486 e. The molecule has 2 aliphatic heterocycles. The van der Waals surface area contributed by atoms with Gasteiger partial charge in [0, 0.05) is 37.3 Å². The Bertz CT molecular complexity index is 1110. The van der Waals surface area contributed by atoms with Gasteiger partial charge in [-0.25, -0.2) is 8.42 Å². The number of fused-ring (bicyclic) bond motifs is 1. The second kappa shape index (κ2) is 10.1. The van der Waals surface area contributed by atoms with Crippen LogP contribution in [0.3, 0.4) is 0 Å². The summed E-state index contributed by atoms with van der Waals surface area (Å²) in [6, 6.07) is 10.6. The molecule has 1 fully saturated rings. The van der Waals surface area contributed by atoms with E-state index in [1.807, 2.05) is 32.0 Å². The molecule has 1 amide bonds. The van der Waals surface area contributed by atoms with Gasteiger partial charge in [0.2, 0.25) is 10.0 Å². The molecule has 178 valence electrons. The number of benzene rings is 2. The first kappa shape index (κ1) is 23.5. The normalized spacial score (nSPS) is 16.4. The van der Waals surface area contributed by atoms with Crippen LogP contribution in [0.1, 0.15) is 35.3 Å². The third kappa shape index (κ3) is 4.85. The zero-order valence-corrected chi connectivity index (χ0v) is 19.9. The highest BCUT2D eigenvalue weighted by atomic mass is 32.2. The number of rotatable bonds is 7. The van der Waals surface area contributed by atoms with Crippen molar-refractivity contribution in [1.82, 2.24) is 9.21 Å². The highest BCUT2D eigenvalue weighted by Crippen LogP contribution is 2.34. The predicted octanol–water partition coefficient (Wildman–Crippen LogP) is 2.70. The number of nitrogens with zero attached hydrogens (tertiary/aromatic N) is 2. The quantitative estimate of drug-likeness (QED) is 0.614. The topological polar surface area (TPSA) is 85.4 Å². The molecule has 9 heteroatoms. The van der Waals surface area contributed by atoms with Crippen molar-refractivity contribution in [2.45, 2.75) is 31.7 Å². The van der Waals surface area contributed by atoms with E-state index in [-0.39, 0.29) is 10.8 Å². The molecule has 2 aliphatic rings. The van der Waals surface area contributed by atoms with Crippen LogP contribution in [0.4, 0.5) is 0 Å². The molecule has 2 aromatic rings. The van der Waals surface area contributed by atoms with Gasteiger partial charge in [-0.05, 0) is 37.1 Å². The summed E-state index contributed by atoms with van der Waals surface area (Å²) in [5, 5.41) is 0. The first-order valence-electron chi connectivity index (χ1n) is 11.3. The highest BCUT2D eigenvalue weighted by molar-refractivity contribution is 7.89. The van der Waals surface area contributed by atoms with Gasteiger partial charge in [0.25, 0.3) is 5.91 Å². The zero-order valence-electron chi connectivity index (χ0n) is 19.1. The van der Waals surface area contributed by atoms with Gasteiger partial charge in [-0.2, -0.15) is 4.31 Å². The Balaban J connectivity index is 1.63. The second-order valence-electron chi connectivity index (χ2n) is 7.95. The van der Waals surface area contributed by atoms with Crippen LogP contribution in [0.25, 0.3) is 0 Å². The number of hydrogen-bond donors (Lipinski definition) is 0. The van der Waals surface area contributed by atoms with Gasteiger partial charge in [0.15, 0.2) is 11.5 Å². The van der Waals surface area contributed by atoms with E-state index in [2.05, 4.69) is 0 Å². The number of morpholine rings is 1. The predicted molar refractivity (Wildman–Crippen MR) is 123 cm³/mol.